The maximum atomic E-state index is 13.2. The van der Waals surface area contributed by atoms with E-state index in [-0.39, 0.29) is 29.6 Å². The summed E-state index contributed by atoms with van der Waals surface area (Å²) in [5, 5.41) is 2.76. The number of carbonyl (C=O) groups excluding carboxylic acids is 2. The quantitative estimate of drug-likeness (QED) is 0.827. The van der Waals surface area contributed by atoms with Crippen molar-refractivity contribution in [2.24, 2.45) is 17.8 Å². The predicted octanol–water partition coefficient (Wildman–Crippen LogP) is 3.71. The Morgan fingerprint density at radius 1 is 1.21 bits per heavy atom. The number of amides is 2. The molecule has 4 rings (SSSR count). The monoisotopic (exact) mass is 410 g/mol. The first-order chi connectivity index (χ1) is 13.5. The first-order valence-electron chi connectivity index (χ1n) is 9.86. The van der Waals surface area contributed by atoms with Crippen LogP contribution in [0.5, 0.6) is 0 Å². The summed E-state index contributed by atoms with van der Waals surface area (Å²) >= 11 is 0. The van der Waals surface area contributed by atoms with Gasteiger partial charge >= 0.3 is 12.3 Å². The molecule has 3 fully saturated rings. The molecule has 1 saturated heterocycles. The molecule has 1 N–H and O–H groups in total. The van der Waals surface area contributed by atoms with Crippen molar-refractivity contribution in [1.82, 2.24) is 10.2 Å². The Bertz CT molecular complexity index is 836. The Hall–Kier alpha value is -2.25. The third-order valence-corrected chi connectivity index (χ3v) is 6.88. The van der Waals surface area contributed by atoms with Crippen molar-refractivity contribution in [2.75, 3.05) is 20.2 Å². The molecule has 1 heterocycles. The predicted molar refractivity (Wildman–Crippen MR) is 99.2 cm³/mol. The number of fused-ring (bicyclic) bond motifs is 1. The van der Waals surface area contributed by atoms with Crippen molar-refractivity contribution in [1.29, 1.82) is 0 Å². The van der Waals surface area contributed by atoms with E-state index in [1.807, 2.05) is 11.8 Å². The van der Waals surface area contributed by atoms with Crippen molar-refractivity contribution in [3.05, 3.63) is 34.9 Å². The maximum Gasteiger partial charge on any atom is 0.416 e. The van der Waals surface area contributed by atoms with Crippen molar-refractivity contribution in [3.8, 4) is 0 Å². The van der Waals surface area contributed by atoms with Gasteiger partial charge in [0.1, 0.15) is 0 Å². The number of alkyl carbamates (subject to hydrolysis) is 1. The number of hydrogen-bond acceptors (Lipinski definition) is 3. The lowest BCUT2D eigenvalue weighted by Crippen LogP contribution is -2.58. The van der Waals surface area contributed by atoms with Crippen LogP contribution in [0.4, 0.5) is 18.0 Å². The molecule has 2 amide bonds. The third-order valence-electron chi connectivity index (χ3n) is 6.88. The smallest absolute Gasteiger partial charge is 0.416 e. The van der Waals surface area contributed by atoms with Gasteiger partial charge in [0.25, 0.3) is 0 Å². The maximum absolute atomic E-state index is 13.2. The lowest BCUT2D eigenvalue weighted by atomic mass is 9.69. The molecule has 8 heteroatoms. The van der Waals surface area contributed by atoms with Crippen LogP contribution in [0.2, 0.25) is 0 Å². The van der Waals surface area contributed by atoms with E-state index >= 15 is 0 Å². The second-order valence-electron chi connectivity index (χ2n) is 8.90. The highest BCUT2D eigenvalue weighted by Gasteiger charge is 2.59. The highest BCUT2D eigenvalue weighted by molar-refractivity contribution is 5.81. The number of piperidine rings is 1. The van der Waals surface area contributed by atoms with Crippen LogP contribution in [0.1, 0.15) is 42.4 Å². The van der Waals surface area contributed by atoms with E-state index in [1.54, 1.807) is 13.0 Å². The molecule has 29 heavy (non-hydrogen) atoms. The Morgan fingerprint density at radius 3 is 2.38 bits per heavy atom. The number of rotatable bonds is 3. The number of nitrogens with zero attached hydrogens (tertiary/aromatic N) is 1. The minimum atomic E-state index is -4.35. The van der Waals surface area contributed by atoms with Gasteiger partial charge in [-0.05, 0) is 61.6 Å². The Labute approximate surface area is 167 Å². The van der Waals surface area contributed by atoms with E-state index in [2.05, 4.69) is 10.1 Å². The average Bonchev–Trinajstić information content (AvgIpc) is 3.10. The molecule has 0 aromatic heterocycles. The van der Waals surface area contributed by atoms with E-state index in [0.29, 0.717) is 31.5 Å². The highest BCUT2D eigenvalue weighted by atomic mass is 19.4. The van der Waals surface area contributed by atoms with Crippen LogP contribution < -0.4 is 5.32 Å². The van der Waals surface area contributed by atoms with Crippen molar-refractivity contribution < 1.29 is 27.5 Å². The van der Waals surface area contributed by atoms with Crippen LogP contribution in [0.15, 0.2) is 18.2 Å². The number of nitrogens with one attached hydrogen (secondary N) is 1. The van der Waals surface area contributed by atoms with Crippen molar-refractivity contribution in [3.63, 3.8) is 0 Å². The fraction of sp³-hybridized carbons (Fsp3) is 0.619. The average molecular weight is 410 g/mol. The summed E-state index contributed by atoms with van der Waals surface area (Å²) in [6.45, 7) is 4.63. The number of ether oxygens (including phenoxy) is 1. The minimum absolute atomic E-state index is 0.0841. The Balaban J connectivity index is 1.35. The molecule has 0 unspecified atom stereocenters. The molecule has 2 aliphatic carbocycles. The van der Waals surface area contributed by atoms with Gasteiger partial charge in [-0.3, -0.25) is 4.79 Å². The van der Waals surface area contributed by atoms with Crippen molar-refractivity contribution in [2.45, 2.75) is 44.3 Å². The van der Waals surface area contributed by atoms with E-state index < -0.39 is 23.4 Å². The summed E-state index contributed by atoms with van der Waals surface area (Å²) in [7, 11) is 1.30. The number of methoxy groups -OCH3 is 1. The number of carbonyl (C=O) groups is 2. The summed E-state index contributed by atoms with van der Waals surface area (Å²) in [4.78, 5) is 26.0. The molecular formula is C21H25F3N2O3. The van der Waals surface area contributed by atoms with Crippen LogP contribution in [0, 0.1) is 24.7 Å². The van der Waals surface area contributed by atoms with E-state index in [0.717, 1.165) is 11.6 Å². The highest BCUT2D eigenvalue weighted by Crippen LogP contribution is 2.59. The van der Waals surface area contributed by atoms with Gasteiger partial charge in [0.15, 0.2) is 0 Å². The van der Waals surface area contributed by atoms with Crippen LogP contribution in [-0.2, 0) is 15.7 Å². The fourth-order valence-electron chi connectivity index (χ4n) is 5.35. The molecule has 1 aromatic rings. The normalized spacial score (nSPS) is 33.0. The summed E-state index contributed by atoms with van der Waals surface area (Å²) in [6.07, 6.45) is -3.70. The molecule has 0 spiro atoms. The summed E-state index contributed by atoms with van der Waals surface area (Å²) < 4.78 is 44.2. The molecule has 1 aromatic carbocycles. The van der Waals surface area contributed by atoms with E-state index in [9.17, 15) is 22.8 Å². The van der Waals surface area contributed by atoms with Gasteiger partial charge in [0.2, 0.25) is 5.91 Å². The number of benzene rings is 1. The van der Waals surface area contributed by atoms with E-state index in [1.165, 1.54) is 13.2 Å². The zero-order chi connectivity index (χ0) is 21.1. The summed E-state index contributed by atoms with van der Waals surface area (Å²) in [5.74, 6) is 0.542. The number of halogens is 3. The number of likely N-dealkylation sites (tertiary alicyclic amines) is 1. The van der Waals surface area contributed by atoms with Crippen LogP contribution >= 0.6 is 0 Å². The molecule has 0 bridgehead atoms. The number of hydrogen-bond donors (Lipinski definition) is 1. The van der Waals surface area contributed by atoms with Gasteiger partial charge in [-0.1, -0.05) is 12.1 Å². The zero-order valence-corrected chi connectivity index (χ0v) is 16.7. The standard InChI is InChI=1S/C21H25F3N2O3/c1-11-13(5-4-6-16(11)21(22,23)24)17-14-9-26(10-15(14)17)18(27)12-7-20(2,8-12)25-19(28)29-3/h4-6,12,14-15,17H,7-10H2,1-3H3,(H,25,28)/t12-,14-,15+,17+,20+. The molecule has 2 saturated carbocycles. The Morgan fingerprint density at radius 2 is 1.83 bits per heavy atom. The molecule has 0 radical (unpaired) electrons. The largest absolute Gasteiger partial charge is 0.453 e. The zero-order valence-electron chi connectivity index (χ0n) is 16.7. The van der Waals surface area contributed by atoms with Gasteiger partial charge < -0.3 is 15.0 Å². The van der Waals surface area contributed by atoms with Gasteiger partial charge in [-0.2, -0.15) is 13.2 Å². The first kappa shape index (κ1) is 20.0. The molecule has 5 nitrogen and oxygen atoms in total. The van der Waals surface area contributed by atoms with Crippen LogP contribution in [-0.4, -0.2) is 42.6 Å². The van der Waals surface area contributed by atoms with Crippen LogP contribution in [0.25, 0.3) is 0 Å². The van der Waals surface area contributed by atoms with Crippen molar-refractivity contribution >= 4 is 12.0 Å². The van der Waals surface area contributed by atoms with Gasteiger partial charge in [0.05, 0.1) is 12.7 Å². The topological polar surface area (TPSA) is 58.6 Å². The summed E-state index contributed by atoms with van der Waals surface area (Å²) in [6, 6.07) is 4.39. The van der Waals surface area contributed by atoms with Crippen LogP contribution in [0.3, 0.4) is 0 Å². The van der Waals surface area contributed by atoms with Gasteiger partial charge in [0, 0.05) is 24.5 Å². The van der Waals surface area contributed by atoms with Gasteiger partial charge in [-0.25, -0.2) is 4.79 Å². The minimum Gasteiger partial charge on any atom is -0.453 e. The third kappa shape index (κ3) is 3.46. The fourth-order valence-corrected chi connectivity index (χ4v) is 5.35. The SMILES string of the molecule is COC(=O)N[C@]1(C)C[C@H](C(=O)N2C[C@@H]3[C@H](C2)[C@H]3c2cccc(C(F)(F)F)c2C)C1. The lowest BCUT2D eigenvalue weighted by molar-refractivity contribution is -0.140. The molecule has 158 valence electrons. The second kappa shape index (κ2) is 6.64. The first-order valence-corrected chi connectivity index (χ1v) is 9.86. The second-order valence-corrected chi connectivity index (χ2v) is 8.90. The number of alkyl halides is 3. The molecule has 3 atom stereocenters. The van der Waals surface area contributed by atoms with E-state index in [4.69, 9.17) is 0 Å². The molecular weight excluding hydrogens is 385 g/mol. The van der Waals surface area contributed by atoms with Gasteiger partial charge in [-0.15, -0.1) is 0 Å². The molecule has 3 aliphatic rings. The Kier molecular flexibility index (Phi) is 4.59. The summed E-state index contributed by atoms with van der Waals surface area (Å²) in [5.41, 5.74) is 0.0782. The molecule has 1 aliphatic heterocycles. The lowest BCUT2D eigenvalue weighted by Gasteiger charge is -2.45.